The van der Waals surface area contributed by atoms with E-state index in [2.05, 4.69) is 13.5 Å². The first-order valence-corrected chi connectivity index (χ1v) is 7.45. The van der Waals surface area contributed by atoms with Crippen molar-refractivity contribution < 1.29 is 14.3 Å². The molecule has 3 nitrogen and oxygen atoms in total. The highest BCUT2D eigenvalue weighted by Gasteiger charge is 1.96. The molecule has 0 bridgehead atoms. The summed E-state index contributed by atoms with van der Waals surface area (Å²) in [6, 6.07) is 7.65. The first-order chi connectivity index (χ1) is 10.3. The summed E-state index contributed by atoms with van der Waals surface area (Å²) in [6.07, 6.45) is 9.46. The molecule has 1 rings (SSSR count). The van der Waals surface area contributed by atoms with E-state index in [4.69, 9.17) is 9.47 Å². The van der Waals surface area contributed by atoms with Crippen LogP contribution in [0.1, 0.15) is 38.2 Å². The third kappa shape index (κ3) is 7.98. The number of hydrogen-bond acceptors (Lipinski definition) is 3. The van der Waals surface area contributed by atoms with Crippen molar-refractivity contribution in [1.29, 1.82) is 0 Å². The van der Waals surface area contributed by atoms with Crippen molar-refractivity contribution in [2.75, 3.05) is 13.2 Å². The monoisotopic (exact) mass is 288 g/mol. The molecule has 0 aromatic heterocycles. The van der Waals surface area contributed by atoms with E-state index in [0.29, 0.717) is 0 Å². The van der Waals surface area contributed by atoms with Gasteiger partial charge in [-0.2, -0.15) is 0 Å². The number of carbonyl (C=O) groups is 1. The van der Waals surface area contributed by atoms with Crippen LogP contribution in [0.3, 0.4) is 0 Å². The van der Waals surface area contributed by atoms with E-state index in [-0.39, 0.29) is 12.6 Å². The first kappa shape index (κ1) is 17.0. The molecule has 114 valence electrons. The molecule has 1 aromatic carbocycles. The lowest BCUT2D eigenvalue weighted by Crippen LogP contribution is -1.99. The number of ether oxygens (including phenoxy) is 2. The van der Waals surface area contributed by atoms with Crippen LogP contribution < -0.4 is 4.74 Å². The van der Waals surface area contributed by atoms with E-state index in [0.717, 1.165) is 24.3 Å². The molecule has 0 unspecified atom stereocenters. The fraction of sp³-hybridized carbons (Fsp3) is 0.389. The Labute approximate surface area is 127 Å². The smallest absolute Gasteiger partial charge is 0.331 e. The van der Waals surface area contributed by atoms with Crippen molar-refractivity contribution in [3.8, 4) is 5.75 Å². The summed E-state index contributed by atoms with van der Waals surface area (Å²) in [5.74, 6) is 0.490. The molecule has 0 atom stereocenters. The molecule has 1 aromatic rings. The van der Waals surface area contributed by atoms with Crippen LogP contribution in [0.15, 0.2) is 43.0 Å². The van der Waals surface area contributed by atoms with Gasteiger partial charge in [-0.15, -0.1) is 0 Å². The highest BCUT2D eigenvalue weighted by molar-refractivity contribution is 5.87. The molecule has 3 heteroatoms. The minimum Gasteiger partial charge on any atom is -0.494 e. The molecule has 0 heterocycles. The number of carbonyl (C=O) groups excluding carboxylic acids is 1. The lowest BCUT2D eigenvalue weighted by atomic mass is 10.2. The van der Waals surface area contributed by atoms with Gasteiger partial charge in [0.2, 0.25) is 0 Å². The molecular formula is C18H24O3. The lowest BCUT2D eigenvalue weighted by molar-refractivity contribution is -0.136. The van der Waals surface area contributed by atoms with Gasteiger partial charge in [0.1, 0.15) is 12.4 Å². The summed E-state index contributed by atoms with van der Waals surface area (Å²) in [5.41, 5.74) is 0.934. The number of benzene rings is 1. The van der Waals surface area contributed by atoms with Crippen molar-refractivity contribution in [2.24, 2.45) is 0 Å². The molecule has 0 aliphatic rings. The number of esters is 1. The molecule has 0 aliphatic carbocycles. The zero-order chi connectivity index (χ0) is 15.3. The molecule has 0 N–H and O–H groups in total. The van der Waals surface area contributed by atoms with Crippen LogP contribution in [0.5, 0.6) is 5.75 Å². The molecule has 0 fully saturated rings. The van der Waals surface area contributed by atoms with Gasteiger partial charge in [0.15, 0.2) is 0 Å². The van der Waals surface area contributed by atoms with Crippen LogP contribution in [0.2, 0.25) is 0 Å². The van der Waals surface area contributed by atoms with Crippen LogP contribution in [0.4, 0.5) is 0 Å². The average molecular weight is 288 g/mol. The van der Waals surface area contributed by atoms with Gasteiger partial charge in [0, 0.05) is 6.08 Å². The van der Waals surface area contributed by atoms with Crippen molar-refractivity contribution in [3.05, 3.63) is 48.6 Å². The highest BCUT2D eigenvalue weighted by atomic mass is 16.5. The van der Waals surface area contributed by atoms with Crippen LogP contribution in [-0.2, 0) is 9.53 Å². The number of hydrogen-bond donors (Lipinski definition) is 0. The van der Waals surface area contributed by atoms with E-state index in [1.54, 1.807) is 12.2 Å². The number of rotatable bonds is 10. The summed E-state index contributed by atoms with van der Waals surface area (Å²) in [5, 5.41) is 0. The average Bonchev–Trinajstić information content (AvgIpc) is 2.52. The predicted octanol–water partition coefficient (Wildman–Crippen LogP) is 4.39. The van der Waals surface area contributed by atoms with E-state index in [1.165, 1.54) is 25.3 Å². The number of unbranched alkanes of at least 4 members (excludes halogenated alkanes) is 3. The normalized spacial score (nSPS) is 10.5. The van der Waals surface area contributed by atoms with Gasteiger partial charge in [-0.05, 0) is 30.2 Å². The molecule has 0 saturated heterocycles. The van der Waals surface area contributed by atoms with Gasteiger partial charge < -0.3 is 9.47 Å². The molecular weight excluding hydrogens is 264 g/mol. The summed E-state index contributed by atoms with van der Waals surface area (Å²) < 4.78 is 10.5. The Balaban J connectivity index is 2.34. The van der Waals surface area contributed by atoms with Gasteiger partial charge in [-0.1, -0.05) is 51.0 Å². The Hall–Kier alpha value is -2.03. The standard InChI is InChI=1S/C18H24O3/c1-3-5-6-7-15-20-17-11-8-16(9-12-17)10-13-18(19)21-14-4-2/h4,8-13H,2-3,5-7,14-15H2,1H3/b13-10+. The third-order valence-corrected chi connectivity index (χ3v) is 2.90. The molecule has 0 amide bonds. The summed E-state index contributed by atoms with van der Waals surface area (Å²) in [4.78, 5) is 11.3. The SMILES string of the molecule is C=CCOC(=O)/C=C/c1ccc(OCCCCCC)cc1. The maximum atomic E-state index is 11.3. The Morgan fingerprint density at radius 1 is 1.19 bits per heavy atom. The van der Waals surface area contributed by atoms with Gasteiger partial charge in [-0.25, -0.2) is 4.79 Å². The van der Waals surface area contributed by atoms with Gasteiger partial charge in [0.25, 0.3) is 0 Å². The highest BCUT2D eigenvalue weighted by Crippen LogP contribution is 2.14. The van der Waals surface area contributed by atoms with Gasteiger partial charge >= 0.3 is 5.97 Å². The maximum Gasteiger partial charge on any atom is 0.331 e. The van der Waals surface area contributed by atoms with Gasteiger partial charge in [-0.3, -0.25) is 0 Å². The second-order valence-corrected chi connectivity index (χ2v) is 4.73. The molecule has 0 spiro atoms. The Morgan fingerprint density at radius 3 is 2.62 bits per heavy atom. The summed E-state index contributed by atoms with van der Waals surface area (Å²) in [7, 11) is 0. The quantitative estimate of drug-likeness (QED) is 0.277. The van der Waals surface area contributed by atoms with Crippen molar-refractivity contribution >= 4 is 12.0 Å². The zero-order valence-corrected chi connectivity index (χ0v) is 12.7. The second-order valence-electron chi connectivity index (χ2n) is 4.73. The van der Waals surface area contributed by atoms with Crippen molar-refractivity contribution in [2.45, 2.75) is 32.6 Å². The molecule has 0 saturated carbocycles. The minimum atomic E-state index is -0.369. The van der Waals surface area contributed by atoms with Crippen LogP contribution >= 0.6 is 0 Å². The Kier molecular flexibility index (Phi) is 8.69. The third-order valence-electron chi connectivity index (χ3n) is 2.90. The fourth-order valence-corrected chi connectivity index (χ4v) is 1.75. The second kappa shape index (κ2) is 10.7. The van der Waals surface area contributed by atoms with E-state index in [9.17, 15) is 4.79 Å². The van der Waals surface area contributed by atoms with Crippen LogP contribution in [-0.4, -0.2) is 19.2 Å². The van der Waals surface area contributed by atoms with Gasteiger partial charge in [0.05, 0.1) is 6.61 Å². The maximum absolute atomic E-state index is 11.3. The molecule has 0 aliphatic heterocycles. The molecule has 21 heavy (non-hydrogen) atoms. The van der Waals surface area contributed by atoms with Crippen LogP contribution in [0, 0.1) is 0 Å². The topological polar surface area (TPSA) is 35.5 Å². The Bertz CT molecular complexity index is 446. The van der Waals surface area contributed by atoms with Crippen LogP contribution in [0.25, 0.3) is 6.08 Å². The van der Waals surface area contributed by atoms with E-state index < -0.39 is 0 Å². The van der Waals surface area contributed by atoms with Crippen molar-refractivity contribution in [3.63, 3.8) is 0 Å². The zero-order valence-electron chi connectivity index (χ0n) is 12.7. The van der Waals surface area contributed by atoms with E-state index in [1.807, 2.05) is 24.3 Å². The first-order valence-electron chi connectivity index (χ1n) is 7.45. The minimum absolute atomic E-state index is 0.230. The lowest BCUT2D eigenvalue weighted by Gasteiger charge is -2.06. The largest absolute Gasteiger partial charge is 0.494 e. The van der Waals surface area contributed by atoms with E-state index >= 15 is 0 Å². The molecule has 0 radical (unpaired) electrons. The predicted molar refractivity (Wildman–Crippen MR) is 86.3 cm³/mol. The van der Waals surface area contributed by atoms with Crippen molar-refractivity contribution in [1.82, 2.24) is 0 Å². The fourth-order valence-electron chi connectivity index (χ4n) is 1.75. The summed E-state index contributed by atoms with van der Waals surface area (Å²) >= 11 is 0. The Morgan fingerprint density at radius 2 is 1.95 bits per heavy atom. The summed E-state index contributed by atoms with van der Waals surface area (Å²) in [6.45, 7) is 6.66.